The van der Waals surface area contributed by atoms with Crippen molar-refractivity contribution in [2.24, 2.45) is 0 Å². The number of carboxylic acid groups (broad SMARTS) is 2. The zero-order valence-corrected chi connectivity index (χ0v) is 59.8. The number of aliphatic hydroxyl groups is 14. The van der Waals surface area contributed by atoms with Crippen molar-refractivity contribution >= 4 is 29.7 Å². The number of aliphatic carboxylic acids is 2. The summed E-state index contributed by atoms with van der Waals surface area (Å²) in [5.74, 6) is -13.1. The Morgan fingerprint density at radius 2 is 0.990 bits per heavy atom. The smallest absolute Gasteiger partial charge is 0.364 e. The van der Waals surface area contributed by atoms with Crippen molar-refractivity contribution in [3.8, 4) is 0 Å². The lowest BCUT2D eigenvalue weighted by Crippen LogP contribution is -2.72. The molecule has 4 heterocycles. The van der Waals surface area contributed by atoms with Gasteiger partial charge in [0.1, 0.15) is 85.5 Å². The van der Waals surface area contributed by atoms with Crippen molar-refractivity contribution in [1.29, 1.82) is 0 Å². The number of hydrogen-bond donors (Lipinski definition) is 19. The second-order valence-corrected chi connectivity index (χ2v) is 27.5. The first kappa shape index (κ1) is 90.3. The molecule has 0 radical (unpaired) electrons. The number of amides is 3. The SMILES string of the molecule is CCCCCCCC/C=C\CCCCCCCC(=O)N[C@@H](CO[C@@H]1O[C@H](CO)[C@@H](O[C@@H]2O[C@H](CO)[C@H](O)[C@H](O[C@]3(C(=O)O)C[C@H](O)[C@@H](NC(C)=O)C([C@H](O)[C@@H](CO)O[C@]4(C(=O)O)C[C@H](O)[C@@H](NC(C)=O)C([C@H](O)[C@H](O)CO)O4)O3)[C@H]2O)[C@H](O)[C@H]1O)[C@H](O)/C=C/CCCCCCCCCCCCC. The van der Waals surface area contributed by atoms with Crippen molar-refractivity contribution in [1.82, 2.24) is 16.0 Å². The first-order valence-electron chi connectivity index (χ1n) is 36.9. The Balaban J connectivity index is 1.51. The van der Waals surface area contributed by atoms with Gasteiger partial charge in [-0.25, -0.2) is 9.59 Å². The zero-order chi connectivity index (χ0) is 75.5. The van der Waals surface area contributed by atoms with E-state index in [1.807, 2.05) is 6.08 Å². The maximum absolute atomic E-state index is 13.6. The van der Waals surface area contributed by atoms with E-state index in [4.69, 9.17) is 37.9 Å². The fraction of sp³-hybridized carbons (Fsp3) is 0.871. The first-order valence-corrected chi connectivity index (χ1v) is 36.9. The monoisotopic (exact) mass is 1470 g/mol. The number of hydrogen-bond acceptors (Lipinski definition) is 27. The number of unbranched alkanes of at least 4 members (excludes halogenated alkanes) is 22. The summed E-state index contributed by atoms with van der Waals surface area (Å²) < 4.78 is 46.4. The van der Waals surface area contributed by atoms with Gasteiger partial charge in [-0.3, -0.25) is 14.4 Å². The van der Waals surface area contributed by atoms with E-state index in [2.05, 4.69) is 41.9 Å². The topological polar surface area (TPSA) is 519 Å². The lowest BCUT2D eigenvalue weighted by Gasteiger charge is -2.51. The first-order chi connectivity index (χ1) is 48.7. The van der Waals surface area contributed by atoms with Gasteiger partial charge in [-0.15, -0.1) is 0 Å². The molecule has 4 rings (SSSR count). The molecule has 4 aliphatic rings. The van der Waals surface area contributed by atoms with Crippen LogP contribution in [0.1, 0.15) is 207 Å². The number of nitrogens with one attached hydrogen (secondary N) is 3. The molecule has 592 valence electrons. The molecular formula is C70H123N3O29. The summed E-state index contributed by atoms with van der Waals surface area (Å²) in [6, 6.07) is -4.74. The average Bonchev–Trinajstić information content (AvgIpc) is 0.755. The summed E-state index contributed by atoms with van der Waals surface area (Å²) >= 11 is 0. The highest BCUT2D eigenvalue weighted by molar-refractivity contribution is 5.78. The van der Waals surface area contributed by atoms with Gasteiger partial charge < -0.3 is 136 Å². The molecule has 0 aromatic rings. The Hall–Kier alpha value is -4.05. The Bertz CT molecular complexity index is 2450. The fourth-order valence-electron chi connectivity index (χ4n) is 13.2. The number of allylic oxidation sites excluding steroid dienone is 3. The van der Waals surface area contributed by atoms with E-state index in [1.54, 1.807) is 6.08 Å². The van der Waals surface area contributed by atoms with E-state index in [0.717, 1.165) is 78.1 Å². The highest BCUT2D eigenvalue weighted by atomic mass is 16.8. The van der Waals surface area contributed by atoms with E-state index in [-0.39, 0.29) is 12.3 Å². The van der Waals surface area contributed by atoms with Crippen LogP contribution in [0.15, 0.2) is 24.3 Å². The van der Waals surface area contributed by atoms with E-state index < -0.39 is 216 Å². The highest BCUT2D eigenvalue weighted by Crippen LogP contribution is 2.41. The minimum atomic E-state index is -3.39. The number of carbonyl (C=O) groups excluding carboxylic acids is 3. The third kappa shape index (κ3) is 28.3. The molecule has 0 spiro atoms. The second kappa shape index (κ2) is 47.6. The van der Waals surface area contributed by atoms with Crippen molar-refractivity contribution in [2.45, 2.75) is 354 Å². The molecule has 0 aromatic heterocycles. The van der Waals surface area contributed by atoms with Crippen LogP contribution in [0, 0.1) is 0 Å². The van der Waals surface area contributed by atoms with Crippen molar-refractivity contribution < 1.29 is 144 Å². The lowest BCUT2D eigenvalue weighted by atomic mass is 9.87. The van der Waals surface area contributed by atoms with E-state index in [0.29, 0.717) is 12.8 Å². The van der Waals surface area contributed by atoms with Gasteiger partial charge >= 0.3 is 11.9 Å². The van der Waals surface area contributed by atoms with Gasteiger partial charge in [-0.1, -0.05) is 154 Å². The van der Waals surface area contributed by atoms with E-state index >= 15 is 0 Å². The maximum Gasteiger partial charge on any atom is 0.364 e. The molecule has 3 amide bonds. The molecule has 0 saturated carbocycles. The van der Waals surface area contributed by atoms with Crippen LogP contribution in [-0.2, 0) is 61.9 Å². The van der Waals surface area contributed by atoms with E-state index in [1.165, 1.54) is 83.5 Å². The molecule has 4 aliphatic heterocycles. The molecule has 32 nitrogen and oxygen atoms in total. The number of ether oxygens (including phenoxy) is 8. The minimum Gasteiger partial charge on any atom is -0.477 e. The Morgan fingerprint density at radius 3 is 1.47 bits per heavy atom. The molecule has 2 unspecified atom stereocenters. The normalized spacial score (nSPS) is 31.8. The van der Waals surface area contributed by atoms with Gasteiger partial charge in [0.2, 0.25) is 17.7 Å². The summed E-state index contributed by atoms with van der Waals surface area (Å²) in [5, 5.41) is 185. The van der Waals surface area contributed by atoms with Gasteiger partial charge in [0.15, 0.2) is 12.6 Å². The van der Waals surface area contributed by atoms with Crippen LogP contribution in [0.5, 0.6) is 0 Å². The summed E-state index contributed by atoms with van der Waals surface area (Å²) in [5.41, 5.74) is 0. The molecule has 32 heteroatoms. The molecular weight excluding hydrogens is 1350 g/mol. The quantitative estimate of drug-likeness (QED) is 0.0284. The third-order valence-corrected chi connectivity index (χ3v) is 19.1. The summed E-state index contributed by atoms with van der Waals surface area (Å²) in [6.07, 6.45) is -7.25. The van der Waals surface area contributed by atoms with Crippen LogP contribution in [0.2, 0.25) is 0 Å². The second-order valence-electron chi connectivity index (χ2n) is 27.5. The van der Waals surface area contributed by atoms with Crippen molar-refractivity contribution in [3.05, 3.63) is 24.3 Å². The largest absolute Gasteiger partial charge is 0.477 e. The van der Waals surface area contributed by atoms with Gasteiger partial charge in [-0.05, 0) is 44.9 Å². The summed E-state index contributed by atoms with van der Waals surface area (Å²) in [7, 11) is 0. The van der Waals surface area contributed by atoms with Gasteiger partial charge in [-0.2, -0.15) is 0 Å². The molecule has 4 saturated heterocycles. The molecule has 19 N–H and O–H groups in total. The summed E-state index contributed by atoms with van der Waals surface area (Å²) in [6.45, 7) is 1.07. The third-order valence-electron chi connectivity index (χ3n) is 19.1. The molecule has 0 bridgehead atoms. The fourth-order valence-corrected chi connectivity index (χ4v) is 13.2. The Morgan fingerprint density at radius 1 is 0.529 bits per heavy atom. The number of carbonyl (C=O) groups is 5. The van der Waals surface area contributed by atoms with Crippen molar-refractivity contribution in [3.63, 3.8) is 0 Å². The van der Waals surface area contributed by atoms with Crippen LogP contribution < -0.4 is 16.0 Å². The Labute approximate surface area is 598 Å². The molecule has 0 aliphatic carbocycles. The Kier molecular flexibility index (Phi) is 42.2. The number of rotatable bonds is 51. The van der Waals surface area contributed by atoms with Gasteiger partial charge in [0.05, 0.1) is 69.5 Å². The molecule has 4 fully saturated rings. The van der Waals surface area contributed by atoms with Crippen LogP contribution >= 0.6 is 0 Å². The number of carboxylic acids is 2. The van der Waals surface area contributed by atoms with Gasteiger partial charge in [0, 0.05) is 33.1 Å². The maximum atomic E-state index is 13.6. The van der Waals surface area contributed by atoms with Crippen LogP contribution in [0.25, 0.3) is 0 Å². The highest BCUT2D eigenvalue weighted by Gasteiger charge is 2.62. The van der Waals surface area contributed by atoms with Crippen LogP contribution in [0.3, 0.4) is 0 Å². The average molecular weight is 1470 g/mol. The standard InChI is InChI=1S/C70H123N3O29/c1-5-7-9-11-13-15-17-19-20-22-24-26-28-30-32-34-52(84)73-44(45(80)33-31-29-27-25-23-21-18-16-14-12-10-8-6-2)41-95-65-59(89)58(88)61(51(40-77)97-65)98-66-60(90)64(56(86)49(38-75)96-66)102-70(68(93)94)36-47(82)54(72-43(4)79)63(101-70)57(87)50(39-76)99-69(67(91)92)35-46(81)53(71-42(3)78)62(100-69)55(85)48(83)37-74/h19-20,31,33,44-51,53-66,74-77,80-83,85-90H,5-18,21-30,32,34-41H2,1-4H3,(H,71,78)(H,72,79)(H,73,84)(H,91,92)(H,93,94)/b20-19-,33-31+/t44-,45+,46-,47-,48+,49+,50+,51+,53+,54+,55+,56-,57+,58+,59+,60+,61+,62?,63?,64-,65+,66-,69+,70-/m0/s1. The predicted molar refractivity (Wildman–Crippen MR) is 363 cm³/mol. The molecule has 102 heavy (non-hydrogen) atoms. The van der Waals surface area contributed by atoms with Crippen LogP contribution in [-0.4, -0.2) is 290 Å². The van der Waals surface area contributed by atoms with E-state index in [9.17, 15) is 106 Å². The molecule has 24 atom stereocenters. The minimum absolute atomic E-state index is 0.141. The number of aliphatic hydroxyl groups excluding tert-OH is 14. The van der Waals surface area contributed by atoms with Crippen molar-refractivity contribution in [2.75, 3.05) is 33.0 Å². The van der Waals surface area contributed by atoms with Gasteiger partial charge in [0.25, 0.3) is 11.6 Å². The lowest BCUT2D eigenvalue weighted by molar-refractivity contribution is -0.388. The zero-order valence-electron chi connectivity index (χ0n) is 59.8. The van der Waals surface area contributed by atoms with Crippen LogP contribution in [0.4, 0.5) is 0 Å². The summed E-state index contributed by atoms with van der Waals surface area (Å²) in [4.78, 5) is 64.9. The predicted octanol–water partition coefficient (Wildman–Crippen LogP) is 0.115. The molecule has 0 aromatic carbocycles.